The third-order valence-corrected chi connectivity index (χ3v) is 3.57. The van der Waals surface area contributed by atoms with Crippen molar-refractivity contribution in [1.29, 1.82) is 0 Å². The van der Waals surface area contributed by atoms with E-state index in [1.807, 2.05) is 20.8 Å². The first-order chi connectivity index (χ1) is 5.41. The molecule has 1 aliphatic carbocycles. The van der Waals surface area contributed by atoms with Crippen LogP contribution < -0.4 is 0 Å². The van der Waals surface area contributed by atoms with E-state index in [0.717, 1.165) is 12.1 Å². The van der Waals surface area contributed by atoms with Crippen molar-refractivity contribution in [1.82, 2.24) is 0 Å². The molecule has 0 amide bonds. The number of hydrogen-bond donors (Lipinski definition) is 0. The zero-order chi connectivity index (χ0) is 9.35. The molecular formula is C9H17NOS. The SMILES string of the molecule is CC1CC/C1=N/S(=O)C(C)(C)C. The molecule has 3 heteroatoms. The molecule has 0 aromatic rings. The first-order valence-corrected chi connectivity index (χ1v) is 5.51. The Labute approximate surface area is 77.1 Å². The predicted molar refractivity (Wildman–Crippen MR) is 53.7 cm³/mol. The van der Waals surface area contributed by atoms with E-state index in [2.05, 4.69) is 11.3 Å². The second-order valence-electron chi connectivity index (χ2n) is 4.38. The summed E-state index contributed by atoms with van der Waals surface area (Å²) in [6.45, 7) is 8.01. The molecule has 0 aliphatic heterocycles. The van der Waals surface area contributed by atoms with E-state index in [4.69, 9.17) is 0 Å². The molecule has 0 aromatic carbocycles. The molecule has 0 heterocycles. The average molecular weight is 187 g/mol. The van der Waals surface area contributed by atoms with Gasteiger partial charge in [0.05, 0.1) is 4.75 Å². The van der Waals surface area contributed by atoms with E-state index < -0.39 is 11.0 Å². The standard InChI is InChI=1S/C9H17NOS/c1-7-5-6-8(7)10-12(11)9(2,3)4/h7H,5-6H2,1-4H3/b10-8-. The highest BCUT2D eigenvalue weighted by Crippen LogP contribution is 2.25. The van der Waals surface area contributed by atoms with Crippen molar-refractivity contribution in [3.63, 3.8) is 0 Å². The summed E-state index contributed by atoms with van der Waals surface area (Å²) in [5.41, 5.74) is 1.14. The molecule has 2 unspecified atom stereocenters. The minimum atomic E-state index is -1.05. The van der Waals surface area contributed by atoms with Crippen molar-refractivity contribution in [2.75, 3.05) is 0 Å². The lowest BCUT2D eigenvalue weighted by Gasteiger charge is -2.25. The van der Waals surface area contributed by atoms with E-state index in [-0.39, 0.29) is 4.75 Å². The maximum atomic E-state index is 11.5. The van der Waals surface area contributed by atoms with Gasteiger partial charge in [0, 0.05) is 5.71 Å². The lowest BCUT2D eigenvalue weighted by molar-refractivity contribution is 0.603. The smallest absolute Gasteiger partial charge is 0.144 e. The number of rotatable bonds is 1. The molecule has 0 bridgehead atoms. The molecule has 0 spiro atoms. The highest BCUT2D eigenvalue weighted by atomic mass is 32.2. The van der Waals surface area contributed by atoms with E-state index in [1.165, 1.54) is 6.42 Å². The van der Waals surface area contributed by atoms with Gasteiger partial charge in [-0.05, 0) is 39.5 Å². The van der Waals surface area contributed by atoms with Gasteiger partial charge < -0.3 is 0 Å². The lowest BCUT2D eigenvalue weighted by atomic mass is 9.85. The van der Waals surface area contributed by atoms with Gasteiger partial charge in [0.2, 0.25) is 0 Å². The maximum Gasteiger partial charge on any atom is 0.144 e. The second-order valence-corrected chi connectivity index (χ2v) is 6.29. The first-order valence-electron chi connectivity index (χ1n) is 4.40. The second kappa shape index (κ2) is 3.29. The molecule has 0 N–H and O–H groups in total. The van der Waals surface area contributed by atoms with Crippen LogP contribution in [0.3, 0.4) is 0 Å². The predicted octanol–water partition coefficient (Wildman–Crippen LogP) is 2.32. The third kappa shape index (κ3) is 2.16. The van der Waals surface area contributed by atoms with E-state index in [1.54, 1.807) is 0 Å². The van der Waals surface area contributed by atoms with Crippen molar-refractivity contribution < 1.29 is 4.21 Å². The molecule has 1 saturated carbocycles. The summed E-state index contributed by atoms with van der Waals surface area (Å²) in [6.07, 6.45) is 2.25. The molecule has 12 heavy (non-hydrogen) atoms. The van der Waals surface area contributed by atoms with Gasteiger partial charge in [-0.25, -0.2) is 4.21 Å². The molecule has 0 saturated heterocycles. The summed E-state index contributed by atoms with van der Waals surface area (Å²) < 4.78 is 15.6. The van der Waals surface area contributed by atoms with E-state index in [0.29, 0.717) is 5.92 Å². The average Bonchev–Trinajstić information content (AvgIpc) is 1.95. The maximum absolute atomic E-state index is 11.5. The van der Waals surface area contributed by atoms with Crippen molar-refractivity contribution in [3.8, 4) is 0 Å². The van der Waals surface area contributed by atoms with E-state index >= 15 is 0 Å². The Morgan fingerprint density at radius 3 is 2.33 bits per heavy atom. The Balaban J connectivity index is 2.62. The highest BCUT2D eigenvalue weighted by molar-refractivity contribution is 7.85. The Morgan fingerprint density at radius 2 is 2.08 bits per heavy atom. The van der Waals surface area contributed by atoms with Crippen LogP contribution in [0.15, 0.2) is 4.40 Å². The van der Waals surface area contributed by atoms with Gasteiger partial charge in [0.15, 0.2) is 0 Å². The summed E-state index contributed by atoms with van der Waals surface area (Å²) in [7, 11) is -1.05. The molecular weight excluding hydrogens is 170 g/mol. The van der Waals surface area contributed by atoms with Gasteiger partial charge in [0.25, 0.3) is 0 Å². The van der Waals surface area contributed by atoms with Gasteiger partial charge in [-0.3, -0.25) is 0 Å². The fourth-order valence-electron chi connectivity index (χ4n) is 0.941. The molecule has 1 aliphatic rings. The van der Waals surface area contributed by atoms with Gasteiger partial charge >= 0.3 is 0 Å². The van der Waals surface area contributed by atoms with Crippen molar-refractivity contribution in [2.24, 2.45) is 10.3 Å². The third-order valence-electron chi connectivity index (χ3n) is 2.13. The Kier molecular flexibility index (Phi) is 2.71. The van der Waals surface area contributed by atoms with Crippen LogP contribution in [0.2, 0.25) is 0 Å². The molecule has 70 valence electrons. The summed E-state index contributed by atoms with van der Waals surface area (Å²) in [5.74, 6) is 0.566. The van der Waals surface area contributed by atoms with Crippen LogP contribution in [0, 0.1) is 5.92 Å². The van der Waals surface area contributed by atoms with Crippen LogP contribution in [-0.4, -0.2) is 14.7 Å². The summed E-state index contributed by atoms with van der Waals surface area (Å²) in [4.78, 5) is 0. The normalized spacial score (nSPS) is 30.0. The van der Waals surface area contributed by atoms with Gasteiger partial charge in [-0.1, -0.05) is 6.92 Å². The largest absolute Gasteiger partial charge is 0.234 e. The van der Waals surface area contributed by atoms with Gasteiger partial charge in [-0.15, -0.1) is 0 Å². The van der Waals surface area contributed by atoms with Crippen LogP contribution in [0.5, 0.6) is 0 Å². The van der Waals surface area contributed by atoms with Crippen LogP contribution in [0.25, 0.3) is 0 Å². The van der Waals surface area contributed by atoms with Crippen LogP contribution in [-0.2, 0) is 11.0 Å². The molecule has 2 nitrogen and oxygen atoms in total. The molecule has 1 rings (SSSR count). The highest BCUT2D eigenvalue weighted by Gasteiger charge is 2.25. The molecule has 1 fully saturated rings. The first kappa shape index (κ1) is 9.90. The molecule has 0 radical (unpaired) electrons. The van der Waals surface area contributed by atoms with Crippen molar-refractivity contribution in [2.45, 2.75) is 45.3 Å². The lowest BCUT2D eigenvalue weighted by Crippen LogP contribution is -2.27. The minimum absolute atomic E-state index is 0.206. The summed E-state index contributed by atoms with van der Waals surface area (Å²) in [6, 6.07) is 0. The zero-order valence-corrected chi connectivity index (χ0v) is 9.07. The van der Waals surface area contributed by atoms with Crippen molar-refractivity contribution in [3.05, 3.63) is 0 Å². The summed E-state index contributed by atoms with van der Waals surface area (Å²) in [5, 5.41) is 0. The molecule has 2 atom stereocenters. The monoisotopic (exact) mass is 187 g/mol. The Bertz CT molecular complexity index is 227. The quantitative estimate of drug-likeness (QED) is 0.619. The number of hydrogen-bond acceptors (Lipinski definition) is 1. The zero-order valence-electron chi connectivity index (χ0n) is 8.26. The Morgan fingerprint density at radius 1 is 1.50 bits per heavy atom. The fourth-order valence-corrected chi connectivity index (χ4v) is 1.70. The minimum Gasteiger partial charge on any atom is -0.234 e. The van der Waals surface area contributed by atoms with E-state index in [9.17, 15) is 4.21 Å². The van der Waals surface area contributed by atoms with Gasteiger partial charge in [-0.2, -0.15) is 4.40 Å². The fraction of sp³-hybridized carbons (Fsp3) is 0.889. The van der Waals surface area contributed by atoms with Crippen LogP contribution in [0.1, 0.15) is 40.5 Å². The summed E-state index contributed by atoms with van der Waals surface area (Å²) >= 11 is 0. The Hall–Kier alpha value is -0.180. The topological polar surface area (TPSA) is 29.4 Å². The van der Waals surface area contributed by atoms with Gasteiger partial charge in [0.1, 0.15) is 11.0 Å². The van der Waals surface area contributed by atoms with Crippen LogP contribution >= 0.6 is 0 Å². The van der Waals surface area contributed by atoms with Crippen molar-refractivity contribution >= 4 is 16.7 Å². The number of nitrogens with zero attached hydrogens (tertiary/aromatic N) is 1. The van der Waals surface area contributed by atoms with Crippen LogP contribution in [0.4, 0.5) is 0 Å². The molecule has 0 aromatic heterocycles.